The number of nitrogens with zero attached hydrogens (tertiary/aromatic N) is 4. The van der Waals surface area contributed by atoms with Crippen LogP contribution in [0.25, 0.3) is 11.0 Å². The lowest BCUT2D eigenvalue weighted by Crippen LogP contribution is -2.50. The minimum Gasteiger partial charge on any atom is -0.367 e. The van der Waals surface area contributed by atoms with Crippen LogP contribution in [0.15, 0.2) is 64.4 Å². The van der Waals surface area contributed by atoms with E-state index in [2.05, 4.69) is 32.4 Å². The van der Waals surface area contributed by atoms with Crippen molar-refractivity contribution < 1.29 is 18.5 Å². The topological polar surface area (TPSA) is 136 Å². The van der Waals surface area contributed by atoms with E-state index < -0.39 is 10.8 Å². The average molecular weight is 795 g/mol. The van der Waals surface area contributed by atoms with Crippen LogP contribution in [0.4, 0.5) is 11.6 Å². The van der Waals surface area contributed by atoms with Gasteiger partial charge in [-0.2, -0.15) is 4.98 Å². The number of amides is 2. The van der Waals surface area contributed by atoms with E-state index in [1.165, 1.54) is 0 Å². The van der Waals surface area contributed by atoms with Crippen LogP contribution in [0.1, 0.15) is 92.9 Å². The van der Waals surface area contributed by atoms with Crippen molar-refractivity contribution in [1.82, 2.24) is 24.8 Å². The van der Waals surface area contributed by atoms with Crippen molar-refractivity contribution >= 4 is 56.9 Å². The third-order valence-corrected chi connectivity index (χ3v) is 14.1. The smallest absolute Gasteiger partial charge is 0.271 e. The maximum Gasteiger partial charge on any atom is 0.271 e. The zero-order valence-corrected chi connectivity index (χ0v) is 33.2. The number of hydrogen-bond acceptors (Lipinski definition) is 9. The number of benzene rings is 2. The Morgan fingerprint density at radius 1 is 1.04 bits per heavy atom. The predicted molar refractivity (Wildman–Crippen MR) is 218 cm³/mol. The number of likely N-dealkylation sites (tertiary alicyclic amines) is 1. The van der Waals surface area contributed by atoms with Crippen molar-refractivity contribution in [3.63, 3.8) is 0 Å². The molecule has 2 amide bonds. The Balaban J connectivity index is 0.774. The summed E-state index contributed by atoms with van der Waals surface area (Å²) >= 11 is 6.30. The van der Waals surface area contributed by atoms with Crippen molar-refractivity contribution in [1.29, 1.82) is 0 Å². The first-order chi connectivity index (χ1) is 27.1. The number of rotatable bonds is 10. The van der Waals surface area contributed by atoms with Gasteiger partial charge in [-0.1, -0.05) is 48.4 Å². The summed E-state index contributed by atoms with van der Waals surface area (Å²) in [5.41, 5.74) is 4.22. The Labute approximate surface area is 334 Å². The number of fused-ring (bicyclic) bond motifs is 1. The van der Waals surface area contributed by atoms with Gasteiger partial charge >= 0.3 is 0 Å². The van der Waals surface area contributed by atoms with Crippen LogP contribution in [0, 0.1) is 24.2 Å². The first kappa shape index (κ1) is 38.5. The molecular formula is C43H47ClN6O5S. The van der Waals surface area contributed by atoms with E-state index in [0.717, 1.165) is 104 Å². The molecule has 2 aliphatic carbocycles. The molecule has 1 spiro atoms. The number of carbonyl (C=O) groups is 2. The lowest BCUT2D eigenvalue weighted by atomic mass is 9.63. The highest BCUT2D eigenvalue weighted by Gasteiger charge is 2.48. The number of nitrogens with one attached hydrogen (secondary N) is 2. The highest BCUT2D eigenvalue weighted by atomic mass is 35.5. The molecule has 0 radical (unpaired) electrons. The van der Waals surface area contributed by atoms with E-state index in [9.17, 15) is 18.6 Å². The molecule has 2 saturated heterocycles. The first-order valence-electron chi connectivity index (χ1n) is 19.7. The zero-order valence-electron chi connectivity index (χ0n) is 31.7. The van der Waals surface area contributed by atoms with Gasteiger partial charge < -0.3 is 15.0 Å². The number of aryl methyl sites for hydroxylation is 1. The third-order valence-electron chi connectivity index (χ3n) is 12.1. The summed E-state index contributed by atoms with van der Waals surface area (Å²) in [4.78, 5) is 49.2. The Hall–Kier alpha value is -4.41. The van der Waals surface area contributed by atoms with Gasteiger partial charge in [-0.25, -0.2) is 4.98 Å². The Kier molecular flexibility index (Phi) is 11.4. The number of piperidine rings is 2. The molecule has 2 unspecified atom stereocenters. The Morgan fingerprint density at radius 3 is 2.54 bits per heavy atom. The summed E-state index contributed by atoms with van der Waals surface area (Å²) in [5, 5.41) is 6.83. The predicted octanol–water partition coefficient (Wildman–Crippen LogP) is 6.55. The zero-order chi connectivity index (χ0) is 38.8. The molecule has 292 valence electrons. The second-order valence-corrected chi connectivity index (χ2v) is 18.0. The van der Waals surface area contributed by atoms with Crippen molar-refractivity contribution in [3.8, 4) is 11.8 Å². The number of halogens is 1. The van der Waals surface area contributed by atoms with E-state index in [1.54, 1.807) is 16.8 Å². The fourth-order valence-corrected chi connectivity index (χ4v) is 10.9. The lowest BCUT2D eigenvalue weighted by molar-refractivity contribution is -0.134. The molecule has 4 aromatic rings. The van der Waals surface area contributed by atoms with Crippen molar-refractivity contribution in [2.24, 2.45) is 5.41 Å². The van der Waals surface area contributed by atoms with E-state index in [4.69, 9.17) is 21.3 Å². The molecule has 2 atom stereocenters. The number of anilines is 2. The minimum atomic E-state index is -1.08. The van der Waals surface area contributed by atoms with Crippen molar-refractivity contribution in [2.45, 2.75) is 93.2 Å². The maximum absolute atomic E-state index is 13.7. The van der Waals surface area contributed by atoms with E-state index >= 15 is 0 Å². The summed E-state index contributed by atoms with van der Waals surface area (Å²) in [6.07, 6.45) is 10.9. The van der Waals surface area contributed by atoms with Crippen LogP contribution in [-0.4, -0.2) is 73.6 Å². The van der Waals surface area contributed by atoms with Gasteiger partial charge in [0.05, 0.1) is 23.3 Å². The largest absolute Gasteiger partial charge is 0.367 e. The molecule has 2 saturated carbocycles. The van der Waals surface area contributed by atoms with Gasteiger partial charge in [0, 0.05) is 52.0 Å². The second-order valence-electron chi connectivity index (χ2n) is 15.8. The SMILES string of the molecule is Cc1cc(S(=O)C2CC3(CCN(CCOCC#Cc4ccc(C5CCC(=O)NC5=O)cc4)CC3)C2)ccc1Nc1ncc2cc(Cl)c(=O)n(C3CCCC3)c2n1. The van der Waals surface area contributed by atoms with Gasteiger partial charge in [-0.15, -0.1) is 0 Å². The van der Waals surface area contributed by atoms with Gasteiger partial charge in [0.2, 0.25) is 17.8 Å². The summed E-state index contributed by atoms with van der Waals surface area (Å²) in [6.45, 7) is 5.88. The highest BCUT2D eigenvalue weighted by molar-refractivity contribution is 7.85. The van der Waals surface area contributed by atoms with Crippen molar-refractivity contribution in [2.75, 3.05) is 38.2 Å². The summed E-state index contributed by atoms with van der Waals surface area (Å²) in [7, 11) is -1.08. The second kappa shape index (κ2) is 16.6. The highest BCUT2D eigenvalue weighted by Crippen LogP contribution is 2.52. The maximum atomic E-state index is 13.7. The van der Waals surface area contributed by atoms with Crippen LogP contribution < -0.4 is 16.2 Å². The van der Waals surface area contributed by atoms with Crippen LogP contribution >= 0.6 is 11.6 Å². The number of aromatic nitrogens is 3. The molecule has 8 rings (SSSR count). The summed E-state index contributed by atoms with van der Waals surface area (Å²) in [5.74, 6) is 5.89. The molecule has 4 aliphatic rings. The molecule has 11 nitrogen and oxygen atoms in total. The van der Waals surface area contributed by atoms with Gasteiger partial charge in [0.25, 0.3) is 5.56 Å². The Morgan fingerprint density at radius 2 is 1.80 bits per heavy atom. The number of imide groups is 1. The molecule has 2 aliphatic heterocycles. The fraction of sp³-hybridized carbons (Fsp3) is 0.465. The number of carbonyl (C=O) groups excluding carboxylic acids is 2. The quantitative estimate of drug-likeness (QED) is 0.104. The average Bonchev–Trinajstić information content (AvgIpc) is 3.72. The van der Waals surface area contributed by atoms with E-state index in [0.29, 0.717) is 37.7 Å². The van der Waals surface area contributed by atoms with Gasteiger partial charge in [-0.3, -0.25) is 28.5 Å². The molecule has 2 aromatic carbocycles. The third kappa shape index (κ3) is 8.33. The number of pyridine rings is 1. The molecule has 4 heterocycles. The fourth-order valence-electron chi connectivity index (χ4n) is 8.84. The number of hydrogen-bond donors (Lipinski definition) is 2. The van der Waals surface area contributed by atoms with Gasteiger partial charge in [0.15, 0.2) is 0 Å². The number of ether oxygens (including phenoxy) is 1. The van der Waals surface area contributed by atoms with E-state index in [1.807, 2.05) is 49.4 Å². The molecule has 56 heavy (non-hydrogen) atoms. The van der Waals surface area contributed by atoms with Crippen LogP contribution in [0.5, 0.6) is 0 Å². The molecule has 2 aromatic heterocycles. The standard InChI is InChI=1S/C43H47ClN6O5S/c1-28-23-33(12-14-37(28)46-42-45-27-31-24-36(44)41(53)50(39(31)48-42)32-6-2-3-7-32)56(54)34-25-43(26-34)16-18-49(19-17-43)20-22-55-21-4-5-29-8-10-30(11-9-29)35-13-15-38(51)47-40(35)52/h8-12,14,23-24,27,32,34-35H,2-3,6-7,13,15-22,25-26H2,1H3,(H,45,46,48)(H,47,51,52). The lowest BCUT2D eigenvalue weighted by Gasteiger charge is -2.51. The van der Waals surface area contributed by atoms with Gasteiger partial charge in [-0.05, 0) is 118 Å². The molecule has 4 fully saturated rings. The van der Waals surface area contributed by atoms with Crippen LogP contribution in [0.3, 0.4) is 0 Å². The van der Waals surface area contributed by atoms with Crippen LogP contribution in [0.2, 0.25) is 5.02 Å². The normalized spacial score (nSPS) is 20.7. The molecule has 2 N–H and O–H groups in total. The van der Waals surface area contributed by atoms with Crippen LogP contribution in [-0.2, 0) is 25.1 Å². The Bertz CT molecular complexity index is 2280. The summed E-state index contributed by atoms with van der Waals surface area (Å²) < 4.78 is 21.3. The summed E-state index contributed by atoms with van der Waals surface area (Å²) in [6, 6.07) is 15.3. The molecule has 0 bridgehead atoms. The first-order valence-corrected chi connectivity index (χ1v) is 21.3. The molecular weight excluding hydrogens is 748 g/mol. The minimum absolute atomic E-state index is 0.0894. The van der Waals surface area contributed by atoms with E-state index in [-0.39, 0.29) is 45.0 Å². The van der Waals surface area contributed by atoms with Gasteiger partial charge in [0.1, 0.15) is 17.3 Å². The monoisotopic (exact) mass is 794 g/mol. The van der Waals surface area contributed by atoms with Crippen molar-refractivity contribution in [3.05, 3.63) is 86.8 Å². The molecule has 13 heteroatoms.